The topological polar surface area (TPSA) is 62.0 Å². The van der Waals surface area contributed by atoms with Crippen molar-refractivity contribution in [2.75, 3.05) is 0 Å². The zero-order valence-corrected chi connectivity index (χ0v) is 8.89. The maximum absolute atomic E-state index is 11.6. The minimum Gasteiger partial charge on any atom is -0.350 e. The third-order valence-electron chi connectivity index (χ3n) is 2.69. The standard InChI is InChI=1S/C11H7ClN2O2/c12-5-1-2-6-7-4-9(15)14-11(16)10(7)13-8(6)3-5/h1-3,13H,4H2,(H,14,15,16). The molecule has 1 aromatic carbocycles. The van der Waals surface area contributed by atoms with Gasteiger partial charge in [0.15, 0.2) is 0 Å². The predicted octanol–water partition coefficient (Wildman–Crippen LogP) is 1.63. The summed E-state index contributed by atoms with van der Waals surface area (Å²) < 4.78 is 0. The minimum atomic E-state index is -0.376. The number of aromatic nitrogens is 1. The second-order valence-electron chi connectivity index (χ2n) is 3.72. The molecule has 3 rings (SSSR count). The van der Waals surface area contributed by atoms with Crippen LogP contribution >= 0.6 is 11.6 Å². The average molecular weight is 235 g/mol. The number of benzene rings is 1. The number of hydrogen-bond acceptors (Lipinski definition) is 2. The van der Waals surface area contributed by atoms with Gasteiger partial charge >= 0.3 is 0 Å². The van der Waals surface area contributed by atoms with E-state index in [2.05, 4.69) is 10.3 Å². The molecule has 0 radical (unpaired) electrons. The fourth-order valence-electron chi connectivity index (χ4n) is 2.00. The average Bonchev–Trinajstić information content (AvgIpc) is 2.56. The van der Waals surface area contributed by atoms with Crippen molar-refractivity contribution < 1.29 is 9.59 Å². The first kappa shape index (κ1) is 9.42. The molecule has 0 saturated heterocycles. The Morgan fingerprint density at radius 2 is 2.06 bits per heavy atom. The van der Waals surface area contributed by atoms with Crippen molar-refractivity contribution in [3.63, 3.8) is 0 Å². The van der Waals surface area contributed by atoms with E-state index in [0.717, 1.165) is 16.5 Å². The highest BCUT2D eigenvalue weighted by Crippen LogP contribution is 2.27. The first-order chi connectivity index (χ1) is 7.65. The molecule has 4 nitrogen and oxygen atoms in total. The number of amides is 2. The van der Waals surface area contributed by atoms with Crippen LogP contribution in [0.1, 0.15) is 16.1 Å². The monoisotopic (exact) mass is 234 g/mol. The second-order valence-corrected chi connectivity index (χ2v) is 4.16. The van der Waals surface area contributed by atoms with Crippen LogP contribution in [0.25, 0.3) is 10.9 Å². The van der Waals surface area contributed by atoms with E-state index >= 15 is 0 Å². The lowest BCUT2D eigenvalue weighted by atomic mass is 10.0. The van der Waals surface area contributed by atoms with Crippen LogP contribution in [0.5, 0.6) is 0 Å². The molecule has 2 aromatic rings. The van der Waals surface area contributed by atoms with E-state index in [1.807, 2.05) is 6.07 Å². The molecule has 1 aliphatic heterocycles. The van der Waals surface area contributed by atoms with Gasteiger partial charge < -0.3 is 4.98 Å². The molecule has 5 heteroatoms. The molecule has 1 aliphatic rings. The van der Waals surface area contributed by atoms with Crippen molar-refractivity contribution in [3.05, 3.63) is 34.5 Å². The maximum Gasteiger partial charge on any atom is 0.274 e. The quantitative estimate of drug-likeness (QED) is 0.681. The Bertz CT molecular complexity index is 630. The van der Waals surface area contributed by atoms with Crippen LogP contribution in [-0.2, 0) is 11.2 Å². The maximum atomic E-state index is 11.6. The van der Waals surface area contributed by atoms with Gasteiger partial charge in [0.2, 0.25) is 5.91 Å². The third-order valence-corrected chi connectivity index (χ3v) is 2.92. The molecule has 1 aromatic heterocycles. The molecular formula is C11H7ClN2O2. The second kappa shape index (κ2) is 3.09. The zero-order chi connectivity index (χ0) is 11.3. The first-order valence-corrected chi connectivity index (χ1v) is 5.17. The Kier molecular flexibility index (Phi) is 1.82. The molecule has 0 fully saturated rings. The van der Waals surface area contributed by atoms with E-state index in [4.69, 9.17) is 11.6 Å². The number of rotatable bonds is 0. The number of halogens is 1. The molecule has 0 saturated carbocycles. The molecule has 0 aliphatic carbocycles. The van der Waals surface area contributed by atoms with Crippen molar-refractivity contribution in [2.24, 2.45) is 0 Å². The Morgan fingerprint density at radius 1 is 1.25 bits per heavy atom. The molecule has 0 bridgehead atoms. The minimum absolute atomic E-state index is 0.225. The lowest BCUT2D eigenvalue weighted by molar-refractivity contribution is -0.119. The van der Waals surface area contributed by atoms with Crippen molar-refractivity contribution in [1.82, 2.24) is 10.3 Å². The van der Waals surface area contributed by atoms with Gasteiger partial charge in [0.1, 0.15) is 5.69 Å². The highest BCUT2D eigenvalue weighted by molar-refractivity contribution is 6.31. The van der Waals surface area contributed by atoms with Gasteiger partial charge in [0, 0.05) is 15.9 Å². The van der Waals surface area contributed by atoms with Gasteiger partial charge in [-0.25, -0.2) is 0 Å². The lowest BCUT2D eigenvalue weighted by Gasteiger charge is -2.10. The normalized spacial score (nSPS) is 15.1. The predicted molar refractivity (Wildman–Crippen MR) is 59.5 cm³/mol. The summed E-state index contributed by atoms with van der Waals surface area (Å²) in [6, 6.07) is 5.31. The van der Waals surface area contributed by atoms with Crippen LogP contribution in [0.4, 0.5) is 0 Å². The molecule has 2 N–H and O–H groups in total. The van der Waals surface area contributed by atoms with Gasteiger partial charge in [-0.05, 0) is 17.7 Å². The smallest absolute Gasteiger partial charge is 0.274 e. The number of fused-ring (bicyclic) bond motifs is 3. The Labute approximate surface area is 95.6 Å². The summed E-state index contributed by atoms with van der Waals surface area (Å²) in [6.45, 7) is 0. The fraction of sp³-hybridized carbons (Fsp3) is 0.0909. The summed E-state index contributed by atoms with van der Waals surface area (Å²) in [5.41, 5.74) is 1.99. The SMILES string of the molecule is O=C1Cc2c([nH]c3cc(Cl)ccc23)C(=O)N1. The number of carbonyl (C=O) groups excluding carboxylic acids is 2. The summed E-state index contributed by atoms with van der Waals surface area (Å²) in [5.74, 6) is -0.646. The molecule has 2 heterocycles. The number of aromatic amines is 1. The van der Waals surface area contributed by atoms with E-state index in [-0.39, 0.29) is 18.2 Å². The number of carbonyl (C=O) groups is 2. The highest BCUT2D eigenvalue weighted by atomic mass is 35.5. The summed E-state index contributed by atoms with van der Waals surface area (Å²) in [5, 5.41) is 3.74. The zero-order valence-electron chi connectivity index (χ0n) is 8.13. The summed E-state index contributed by atoms with van der Waals surface area (Å²) in [6.07, 6.45) is 0.225. The number of hydrogen-bond donors (Lipinski definition) is 2. The van der Waals surface area contributed by atoms with Gasteiger partial charge in [0.05, 0.1) is 6.42 Å². The van der Waals surface area contributed by atoms with Crippen molar-refractivity contribution >= 4 is 34.3 Å². The summed E-state index contributed by atoms with van der Waals surface area (Å²) >= 11 is 5.86. The van der Waals surface area contributed by atoms with Crippen LogP contribution in [0, 0.1) is 0 Å². The van der Waals surface area contributed by atoms with Crippen LogP contribution in [0.3, 0.4) is 0 Å². The largest absolute Gasteiger partial charge is 0.350 e. The third kappa shape index (κ3) is 1.23. The van der Waals surface area contributed by atoms with E-state index in [1.54, 1.807) is 12.1 Å². The van der Waals surface area contributed by atoms with E-state index in [0.29, 0.717) is 10.7 Å². The molecule has 0 atom stereocenters. The van der Waals surface area contributed by atoms with Crippen molar-refractivity contribution in [3.8, 4) is 0 Å². The van der Waals surface area contributed by atoms with E-state index in [1.165, 1.54) is 0 Å². The van der Waals surface area contributed by atoms with Crippen LogP contribution in [0.15, 0.2) is 18.2 Å². The van der Waals surface area contributed by atoms with Crippen LogP contribution in [-0.4, -0.2) is 16.8 Å². The molecular weight excluding hydrogens is 228 g/mol. The lowest BCUT2D eigenvalue weighted by Crippen LogP contribution is -2.37. The number of nitrogens with one attached hydrogen (secondary N) is 2. The van der Waals surface area contributed by atoms with Gasteiger partial charge in [-0.1, -0.05) is 17.7 Å². The van der Waals surface area contributed by atoms with Crippen LogP contribution in [0.2, 0.25) is 5.02 Å². The summed E-state index contributed by atoms with van der Waals surface area (Å²) in [7, 11) is 0. The molecule has 0 unspecified atom stereocenters. The van der Waals surface area contributed by atoms with Gasteiger partial charge in [-0.15, -0.1) is 0 Å². The van der Waals surface area contributed by atoms with Crippen LogP contribution < -0.4 is 5.32 Å². The molecule has 80 valence electrons. The van der Waals surface area contributed by atoms with E-state index in [9.17, 15) is 9.59 Å². The fourth-order valence-corrected chi connectivity index (χ4v) is 2.17. The summed E-state index contributed by atoms with van der Waals surface area (Å²) in [4.78, 5) is 25.8. The van der Waals surface area contributed by atoms with Gasteiger partial charge in [-0.2, -0.15) is 0 Å². The van der Waals surface area contributed by atoms with Gasteiger partial charge in [-0.3, -0.25) is 14.9 Å². The Hall–Kier alpha value is -1.81. The number of H-pyrrole nitrogens is 1. The highest BCUT2D eigenvalue weighted by Gasteiger charge is 2.26. The number of imide groups is 1. The molecule has 0 spiro atoms. The van der Waals surface area contributed by atoms with Gasteiger partial charge in [0.25, 0.3) is 5.91 Å². The van der Waals surface area contributed by atoms with Crippen molar-refractivity contribution in [2.45, 2.75) is 6.42 Å². The Morgan fingerprint density at radius 3 is 2.88 bits per heavy atom. The molecule has 16 heavy (non-hydrogen) atoms. The first-order valence-electron chi connectivity index (χ1n) is 4.79. The van der Waals surface area contributed by atoms with Crippen molar-refractivity contribution in [1.29, 1.82) is 0 Å². The molecule has 2 amide bonds. The van der Waals surface area contributed by atoms with E-state index < -0.39 is 0 Å². The Balaban J connectivity index is 2.34.